The Balaban J connectivity index is 1.49. The SMILES string of the molecule is Cc1cc(C)n(C(C)C(=O)Nc2ccc(NC(=O)c3sc4cccc(F)c4c3C)cc2Cl)n1. The smallest absolute Gasteiger partial charge is 0.266 e. The van der Waals surface area contributed by atoms with Gasteiger partial charge < -0.3 is 10.6 Å². The summed E-state index contributed by atoms with van der Waals surface area (Å²) in [5, 5.41) is 10.7. The average molecular weight is 485 g/mol. The first kappa shape index (κ1) is 22.9. The van der Waals surface area contributed by atoms with Crippen LogP contribution in [-0.4, -0.2) is 21.6 Å². The van der Waals surface area contributed by atoms with Gasteiger partial charge in [-0.3, -0.25) is 14.3 Å². The van der Waals surface area contributed by atoms with Gasteiger partial charge in [0.05, 0.1) is 21.3 Å². The molecule has 9 heteroatoms. The molecule has 6 nitrogen and oxygen atoms in total. The molecule has 33 heavy (non-hydrogen) atoms. The van der Waals surface area contributed by atoms with Crippen molar-refractivity contribution in [1.29, 1.82) is 0 Å². The van der Waals surface area contributed by atoms with Crippen molar-refractivity contribution in [3.05, 3.63) is 75.1 Å². The van der Waals surface area contributed by atoms with Crippen molar-refractivity contribution in [2.45, 2.75) is 33.7 Å². The number of nitrogens with zero attached hydrogens (tertiary/aromatic N) is 2. The third-order valence-corrected chi connectivity index (χ3v) is 6.95. The van der Waals surface area contributed by atoms with Gasteiger partial charge in [0.2, 0.25) is 5.91 Å². The fourth-order valence-corrected chi connectivity index (χ4v) is 5.08. The number of thiophene rings is 1. The summed E-state index contributed by atoms with van der Waals surface area (Å²) in [7, 11) is 0. The third kappa shape index (κ3) is 4.49. The molecule has 2 N–H and O–H groups in total. The normalized spacial score (nSPS) is 12.1. The molecule has 170 valence electrons. The van der Waals surface area contributed by atoms with Crippen LogP contribution in [0.5, 0.6) is 0 Å². The molecule has 2 amide bonds. The Morgan fingerprint density at radius 2 is 1.88 bits per heavy atom. The summed E-state index contributed by atoms with van der Waals surface area (Å²) in [5.41, 5.74) is 3.21. The molecular weight excluding hydrogens is 463 g/mol. The van der Waals surface area contributed by atoms with Crippen LogP contribution in [0.1, 0.15) is 39.6 Å². The highest BCUT2D eigenvalue weighted by atomic mass is 35.5. The second-order valence-electron chi connectivity index (χ2n) is 7.85. The number of hydrogen-bond donors (Lipinski definition) is 2. The number of carbonyl (C=O) groups is 2. The number of benzene rings is 2. The summed E-state index contributed by atoms with van der Waals surface area (Å²) in [5.74, 6) is -0.958. The van der Waals surface area contributed by atoms with Gasteiger partial charge in [0, 0.05) is 21.5 Å². The van der Waals surface area contributed by atoms with Crippen molar-refractivity contribution in [2.75, 3.05) is 10.6 Å². The van der Waals surface area contributed by atoms with E-state index in [0.29, 0.717) is 31.9 Å². The van der Waals surface area contributed by atoms with E-state index in [4.69, 9.17) is 11.6 Å². The summed E-state index contributed by atoms with van der Waals surface area (Å²) in [6, 6.07) is 11.0. The summed E-state index contributed by atoms with van der Waals surface area (Å²) in [6.07, 6.45) is 0. The average Bonchev–Trinajstić information content (AvgIpc) is 3.28. The fourth-order valence-electron chi connectivity index (χ4n) is 3.74. The zero-order chi connectivity index (χ0) is 23.9. The maximum absolute atomic E-state index is 14.2. The lowest BCUT2D eigenvalue weighted by atomic mass is 10.1. The van der Waals surface area contributed by atoms with Crippen molar-refractivity contribution in [1.82, 2.24) is 9.78 Å². The summed E-state index contributed by atoms with van der Waals surface area (Å²) < 4.78 is 16.5. The monoisotopic (exact) mass is 484 g/mol. The van der Waals surface area contributed by atoms with E-state index in [9.17, 15) is 14.0 Å². The van der Waals surface area contributed by atoms with E-state index in [2.05, 4.69) is 15.7 Å². The molecular formula is C24H22ClFN4O2S. The number of carbonyl (C=O) groups excluding carboxylic acids is 2. The van der Waals surface area contributed by atoms with E-state index in [1.165, 1.54) is 17.4 Å². The Morgan fingerprint density at radius 1 is 1.12 bits per heavy atom. The number of rotatable bonds is 5. The van der Waals surface area contributed by atoms with Crippen LogP contribution in [-0.2, 0) is 4.79 Å². The number of fused-ring (bicyclic) bond motifs is 1. The molecule has 0 fully saturated rings. The van der Waals surface area contributed by atoms with Crippen molar-refractivity contribution in [2.24, 2.45) is 0 Å². The second kappa shape index (κ2) is 8.96. The molecule has 0 spiro atoms. The molecule has 4 rings (SSSR count). The molecule has 4 aromatic rings. The molecule has 0 bridgehead atoms. The molecule has 2 aromatic heterocycles. The van der Waals surface area contributed by atoms with Gasteiger partial charge >= 0.3 is 0 Å². The first-order valence-corrected chi connectivity index (χ1v) is 11.5. The van der Waals surface area contributed by atoms with Crippen LogP contribution < -0.4 is 10.6 Å². The number of aryl methyl sites for hydroxylation is 3. The van der Waals surface area contributed by atoms with Gasteiger partial charge in [-0.15, -0.1) is 11.3 Å². The Kier molecular flexibility index (Phi) is 6.23. The minimum Gasteiger partial charge on any atom is -0.323 e. The molecule has 0 radical (unpaired) electrons. The van der Waals surface area contributed by atoms with E-state index in [0.717, 1.165) is 11.4 Å². The van der Waals surface area contributed by atoms with Crippen molar-refractivity contribution >= 4 is 56.2 Å². The number of nitrogens with one attached hydrogen (secondary N) is 2. The van der Waals surface area contributed by atoms with Crippen LogP contribution >= 0.6 is 22.9 Å². The molecule has 1 unspecified atom stereocenters. The van der Waals surface area contributed by atoms with Gasteiger partial charge in [-0.1, -0.05) is 17.7 Å². The number of anilines is 2. The van der Waals surface area contributed by atoms with Crippen LogP contribution in [0.15, 0.2) is 42.5 Å². The molecule has 0 aliphatic carbocycles. The lowest BCUT2D eigenvalue weighted by Gasteiger charge is -2.16. The Labute approximate surface area is 199 Å². The molecule has 2 aromatic carbocycles. The Morgan fingerprint density at radius 3 is 2.52 bits per heavy atom. The van der Waals surface area contributed by atoms with E-state index < -0.39 is 6.04 Å². The zero-order valence-corrected chi connectivity index (χ0v) is 20.1. The third-order valence-electron chi connectivity index (χ3n) is 5.38. The van der Waals surface area contributed by atoms with E-state index >= 15 is 0 Å². The minimum absolute atomic E-state index is 0.261. The molecule has 2 heterocycles. The minimum atomic E-state index is -0.523. The maximum atomic E-state index is 14.2. The van der Waals surface area contributed by atoms with Gasteiger partial charge in [0.25, 0.3) is 5.91 Å². The number of amides is 2. The Hall–Kier alpha value is -3.23. The fraction of sp³-hybridized carbons (Fsp3) is 0.208. The van der Waals surface area contributed by atoms with E-state index in [1.807, 2.05) is 19.9 Å². The van der Waals surface area contributed by atoms with Crippen LogP contribution in [0.4, 0.5) is 15.8 Å². The van der Waals surface area contributed by atoms with Gasteiger partial charge in [0.1, 0.15) is 11.9 Å². The highest BCUT2D eigenvalue weighted by molar-refractivity contribution is 7.21. The van der Waals surface area contributed by atoms with Crippen LogP contribution in [0.2, 0.25) is 5.02 Å². The van der Waals surface area contributed by atoms with E-state index in [-0.39, 0.29) is 22.7 Å². The molecule has 0 saturated heterocycles. The molecule has 0 aliphatic rings. The van der Waals surface area contributed by atoms with Crippen LogP contribution in [0, 0.1) is 26.6 Å². The predicted octanol–water partition coefficient (Wildman–Crippen LogP) is 6.27. The standard InChI is InChI=1S/C24H22ClFN4O2S/c1-12-10-13(2)30(29-12)15(4)23(31)28-19-9-8-16(11-17(19)25)27-24(32)22-14(3)21-18(26)6-5-7-20(21)33-22/h5-11,15H,1-4H3,(H,27,32)(H,28,31). The first-order valence-electron chi connectivity index (χ1n) is 10.3. The summed E-state index contributed by atoms with van der Waals surface area (Å²) in [6.45, 7) is 7.25. The molecule has 1 atom stereocenters. The first-order chi connectivity index (χ1) is 15.7. The Bertz CT molecular complexity index is 1390. The lowest BCUT2D eigenvalue weighted by Crippen LogP contribution is -2.25. The molecule has 0 aliphatic heterocycles. The zero-order valence-electron chi connectivity index (χ0n) is 18.5. The van der Waals surface area contributed by atoms with Crippen molar-refractivity contribution in [3.63, 3.8) is 0 Å². The highest BCUT2D eigenvalue weighted by Gasteiger charge is 2.20. The highest BCUT2D eigenvalue weighted by Crippen LogP contribution is 2.33. The lowest BCUT2D eigenvalue weighted by molar-refractivity contribution is -0.119. The molecule has 0 saturated carbocycles. The van der Waals surface area contributed by atoms with Gasteiger partial charge in [0.15, 0.2) is 0 Å². The van der Waals surface area contributed by atoms with Crippen molar-refractivity contribution in [3.8, 4) is 0 Å². The topological polar surface area (TPSA) is 76.0 Å². The number of aromatic nitrogens is 2. The summed E-state index contributed by atoms with van der Waals surface area (Å²) in [4.78, 5) is 26.0. The van der Waals surface area contributed by atoms with E-state index in [1.54, 1.807) is 48.9 Å². The van der Waals surface area contributed by atoms with Crippen molar-refractivity contribution < 1.29 is 14.0 Å². The predicted molar refractivity (Wildman–Crippen MR) is 131 cm³/mol. The van der Waals surface area contributed by atoms with Gasteiger partial charge in [-0.05, 0) is 69.7 Å². The quantitative estimate of drug-likeness (QED) is 0.350. The summed E-state index contributed by atoms with van der Waals surface area (Å²) >= 11 is 7.60. The van der Waals surface area contributed by atoms with Gasteiger partial charge in [-0.2, -0.15) is 5.10 Å². The number of halogens is 2. The van der Waals surface area contributed by atoms with Crippen LogP contribution in [0.25, 0.3) is 10.1 Å². The number of hydrogen-bond acceptors (Lipinski definition) is 4. The van der Waals surface area contributed by atoms with Gasteiger partial charge in [-0.25, -0.2) is 4.39 Å². The van der Waals surface area contributed by atoms with Crippen LogP contribution in [0.3, 0.4) is 0 Å². The second-order valence-corrected chi connectivity index (χ2v) is 9.31. The largest absolute Gasteiger partial charge is 0.323 e. The maximum Gasteiger partial charge on any atom is 0.266 e.